The van der Waals surface area contributed by atoms with Crippen molar-refractivity contribution in [2.45, 2.75) is 55.2 Å². The van der Waals surface area contributed by atoms with E-state index >= 15 is 0 Å². The average Bonchev–Trinajstić information content (AvgIpc) is 3.39. The zero-order valence-corrected chi connectivity index (χ0v) is 26.7. The van der Waals surface area contributed by atoms with E-state index in [9.17, 15) is 44.4 Å². The molecule has 8 N–H and O–H groups in total. The molecule has 2 aromatic heterocycles. The quantitative estimate of drug-likeness (QED) is 0.0995. The van der Waals surface area contributed by atoms with E-state index in [1.807, 2.05) is 0 Å². The van der Waals surface area contributed by atoms with Crippen LogP contribution in [-0.4, -0.2) is 112 Å². The molecule has 40 heavy (non-hydrogen) atoms. The first-order valence-corrected chi connectivity index (χ1v) is 13.6. The van der Waals surface area contributed by atoms with Crippen molar-refractivity contribution in [1.82, 2.24) is 19.5 Å². The van der Waals surface area contributed by atoms with Crippen LogP contribution >= 0.6 is 15.6 Å². The topological polar surface area (TPSA) is 317 Å². The Kier molecular flexibility index (Phi) is 13.1. The predicted molar refractivity (Wildman–Crippen MR) is 113 cm³/mol. The van der Waals surface area contributed by atoms with Crippen molar-refractivity contribution in [3.63, 3.8) is 0 Å². The predicted octanol–water partition coefficient (Wildman–Crippen LogP) is -11.2. The number of aliphatic hydroxyl groups excluding tert-OH is 6. The number of ether oxygens (including phenoxy) is 2. The summed E-state index contributed by atoms with van der Waals surface area (Å²) in [6, 6.07) is 0. The van der Waals surface area contributed by atoms with Crippen LogP contribution in [-0.2, 0) is 32.0 Å². The van der Waals surface area contributed by atoms with Crippen LogP contribution in [0.2, 0.25) is 0 Å². The number of hydrogen-bond donors (Lipinski definition) is 7. The average molecular weight is 633 g/mol. The monoisotopic (exact) mass is 633 g/mol. The van der Waals surface area contributed by atoms with Crippen LogP contribution in [0.5, 0.6) is 0 Å². The fourth-order valence-corrected chi connectivity index (χ4v) is 5.85. The second-order valence-corrected chi connectivity index (χ2v) is 11.1. The first-order chi connectivity index (χ1) is 17.7. The Balaban J connectivity index is 0.00000280. The first-order valence-electron chi connectivity index (χ1n) is 10.7. The Morgan fingerprint density at radius 2 is 1.57 bits per heavy atom. The SMILES string of the molecule is Nc1ncnc2c1ncn2[C@@H]1O[C@H](COP(=O)([O-])OP(=O)([O-])O[C@H]2O[C@H](CO)[C@@H](O)[C@H](O)[C@H]2O)[C@@H](O)[C@H]1O.[Na+].[Na+]. The summed E-state index contributed by atoms with van der Waals surface area (Å²) in [4.78, 5) is 35.9. The van der Waals surface area contributed by atoms with Gasteiger partial charge in [0.1, 0.15) is 54.6 Å². The van der Waals surface area contributed by atoms with Gasteiger partial charge in [-0.15, -0.1) is 0 Å². The van der Waals surface area contributed by atoms with Gasteiger partial charge in [-0.2, -0.15) is 0 Å². The fourth-order valence-electron chi connectivity index (χ4n) is 3.76. The van der Waals surface area contributed by atoms with E-state index in [-0.39, 0.29) is 76.1 Å². The van der Waals surface area contributed by atoms with Crippen LogP contribution in [0.3, 0.4) is 0 Å². The van der Waals surface area contributed by atoms with Crippen molar-refractivity contribution in [1.29, 1.82) is 0 Å². The van der Waals surface area contributed by atoms with Gasteiger partial charge in [-0.05, 0) is 0 Å². The number of anilines is 1. The number of aromatic nitrogens is 4. The number of nitrogens with zero attached hydrogens (tertiary/aromatic N) is 4. The van der Waals surface area contributed by atoms with E-state index in [4.69, 9.17) is 20.3 Å². The summed E-state index contributed by atoms with van der Waals surface area (Å²) >= 11 is 0. The number of hydrogen-bond acceptors (Lipinski definition) is 19. The fraction of sp³-hybridized carbons (Fsp3) is 0.688. The van der Waals surface area contributed by atoms with E-state index in [1.165, 1.54) is 10.9 Å². The number of rotatable bonds is 9. The van der Waals surface area contributed by atoms with Crippen LogP contribution in [0.4, 0.5) is 5.82 Å². The third kappa shape index (κ3) is 7.86. The molecule has 2 fully saturated rings. The molecular weight excluding hydrogens is 610 g/mol. The molecule has 2 aliphatic rings. The van der Waals surface area contributed by atoms with E-state index in [1.54, 1.807) is 0 Å². The van der Waals surface area contributed by atoms with Crippen LogP contribution in [0, 0.1) is 0 Å². The van der Waals surface area contributed by atoms with Gasteiger partial charge in [0, 0.05) is 0 Å². The van der Waals surface area contributed by atoms with Crippen LogP contribution in [0.15, 0.2) is 12.7 Å². The van der Waals surface area contributed by atoms with Gasteiger partial charge in [0.25, 0.3) is 15.6 Å². The number of phosphoric acid groups is 2. The zero-order valence-electron chi connectivity index (χ0n) is 20.9. The molecule has 4 heterocycles. The molecule has 0 spiro atoms. The minimum atomic E-state index is -5.88. The van der Waals surface area contributed by atoms with Gasteiger partial charge in [-0.25, -0.2) is 19.3 Å². The Morgan fingerprint density at radius 1 is 0.925 bits per heavy atom. The maximum absolute atomic E-state index is 12.1. The molecule has 11 atom stereocenters. The van der Waals surface area contributed by atoms with Crippen molar-refractivity contribution in [3.05, 3.63) is 12.7 Å². The van der Waals surface area contributed by atoms with E-state index in [2.05, 4.69) is 28.3 Å². The van der Waals surface area contributed by atoms with Crippen molar-refractivity contribution in [2.75, 3.05) is 18.9 Å². The molecule has 0 amide bonds. The van der Waals surface area contributed by atoms with Crippen molar-refractivity contribution < 1.29 is 132 Å². The summed E-state index contributed by atoms with van der Waals surface area (Å²) in [6.45, 7) is -1.94. The number of aliphatic hydroxyl groups is 6. The Morgan fingerprint density at radius 3 is 2.23 bits per heavy atom. The second kappa shape index (κ2) is 14.4. The number of fused-ring (bicyclic) bond motifs is 1. The number of phosphoric ester groups is 2. The summed E-state index contributed by atoms with van der Waals surface area (Å²) in [5, 5.41) is 59.1. The van der Waals surface area contributed by atoms with E-state index < -0.39 is 84.1 Å². The van der Waals surface area contributed by atoms with Crippen LogP contribution in [0.25, 0.3) is 11.2 Å². The summed E-state index contributed by atoms with van der Waals surface area (Å²) in [5.41, 5.74) is 6.00. The van der Waals surface area contributed by atoms with Gasteiger partial charge in [0.2, 0.25) is 0 Å². The summed E-state index contributed by atoms with van der Waals surface area (Å²) < 4.78 is 48.4. The number of nitrogens with two attached hydrogens (primary N) is 1. The van der Waals surface area contributed by atoms with Crippen LogP contribution < -0.4 is 74.6 Å². The molecule has 0 radical (unpaired) electrons. The molecule has 214 valence electrons. The molecule has 0 aliphatic carbocycles. The molecule has 2 aliphatic heterocycles. The molecule has 0 saturated carbocycles. The minimum absolute atomic E-state index is 0. The smallest absolute Gasteiger partial charge is 0.756 e. The van der Waals surface area contributed by atoms with Gasteiger partial charge in [0.15, 0.2) is 24.0 Å². The first kappa shape index (κ1) is 36.5. The molecule has 2 unspecified atom stereocenters. The molecular formula is C16H23N5Na2O15P2. The summed E-state index contributed by atoms with van der Waals surface area (Å²) in [7, 11) is -11.6. The summed E-state index contributed by atoms with van der Waals surface area (Å²) in [6.07, 6.45) is -13.7. The van der Waals surface area contributed by atoms with Gasteiger partial charge < -0.3 is 60.2 Å². The van der Waals surface area contributed by atoms with Crippen molar-refractivity contribution in [3.8, 4) is 0 Å². The Bertz CT molecular complexity index is 1240. The van der Waals surface area contributed by atoms with Gasteiger partial charge >= 0.3 is 59.1 Å². The molecule has 0 aromatic carbocycles. The normalized spacial score (nSPS) is 35.4. The van der Waals surface area contributed by atoms with Gasteiger partial charge in [-0.1, -0.05) is 0 Å². The van der Waals surface area contributed by atoms with Gasteiger partial charge in [0.05, 0.1) is 19.5 Å². The molecule has 4 rings (SSSR count). The van der Waals surface area contributed by atoms with E-state index in [0.29, 0.717) is 0 Å². The van der Waals surface area contributed by atoms with Crippen molar-refractivity contribution >= 4 is 32.6 Å². The standard InChI is InChI=1S/C16H25N5O15P2.2Na/c17-13-7-14(19-3-18-13)21(4-20-7)15-11(26)9(24)6(33-15)2-32-37(28,29)36-38(30,31)35-16-12(27)10(25)8(23)5(1-22)34-16;;/h3-6,8-12,15-16,22-27H,1-2H2,(H,28,29)(H,30,31)(H2,17,18,19);;/q;2*+1/p-2/t5-,6-,8-,9-,10+,11-,12-,15-,16-;;/m1../s1. The summed E-state index contributed by atoms with van der Waals surface area (Å²) in [5.74, 6) is 0.0269. The largest absolute Gasteiger partial charge is 1.00 e. The minimum Gasteiger partial charge on any atom is -0.756 e. The second-order valence-electron chi connectivity index (χ2n) is 8.20. The molecule has 2 aromatic rings. The Hall–Kier alpha value is 0.290. The Labute approximate surface area is 268 Å². The zero-order chi connectivity index (χ0) is 28.0. The van der Waals surface area contributed by atoms with E-state index in [0.717, 1.165) is 6.33 Å². The molecule has 2 saturated heterocycles. The van der Waals surface area contributed by atoms with Crippen molar-refractivity contribution in [2.24, 2.45) is 0 Å². The number of imidazole rings is 1. The maximum atomic E-state index is 12.1. The number of nitrogen functional groups attached to an aromatic ring is 1. The van der Waals surface area contributed by atoms with Crippen LogP contribution in [0.1, 0.15) is 6.23 Å². The third-order valence-corrected chi connectivity index (χ3v) is 8.21. The molecule has 24 heteroatoms. The maximum Gasteiger partial charge on any atom is 1.00 e. The van der Waals surface area contributed by atoms with Gasteiger partial charge in [-0.3, -0.25) is 18.2 Å². The molecule has 0 bridgehead atoms. The molecule has 20 nitrogen and oxygen atoms in total. The third-order valence-electron chi connectivity index (χ3n) is 5.68.